The van der Waals surface area contributed by atoms with Crippen molar-refractivity contribution < 1.29 is 4.79 Å². The van der Waals surface area contributed by atoms with E-state index in [0.717, 1.165) is 22.3 Å². The first-order valence-electron chi connectivity index (χ1n) is 7.27. The van der Waals surface area contributed by atoms with Crippen molar-refractivity contribution in [3.63, 3.8) is 0 Å². The van der Waals surface area contributed by atoms with Crippen LogP contribution in [-0.2, 0) is 0 Å². The second-order valence-corrected chi connectivity index (χ2v) is 5.04. The largest absolute Gasteiger partial charge is 0.355 e. The number of carbonyl (C=O) groups excluding carboxylic acids is 1. The van der Waals surface area contributed by atoms with Gasteiger partial charge >= 0.3 is 0 Å². The minimum atomic E-state index is -0.0709. The molecule has 3 rings (SSSR count). The quantitative estimate of drug-likeness (QED) is 0.761. The van der Waals surface area contributed by atoms with E-state index in [-0.39, 0.29) is 5.91 Å². The van der Waals surface area contributed by atoms with Gasteiger partial charge in [0, 0.05) is 12.6 Å². The Kier molecular flexibility index (Phi) is 4.01. The van der Waals surface area contributed by atoms with Crippen LogP contribution in [0.15, 0.2) is 78.9 Å². The average Bonchev–Trinajstić information content (AvgIpc) is 2.62. The van der Waals surface area contributed by atoms with Crippen molar-refractivity contribution in [1.82, 2.24) is 5.32 Å². The van der Waals surface area contributed by atoms with Crippen LogP contribution in [0.4, 0.5) is 0 Å². The van der Waals surface area contributed by atoms with E-state index in [1.54, 1.807) is 7.05 Å². The van der Waals surface area contributed by atoms with Crippen LogP contribution < -0.4 is 5.32 Å². The Hall–Kier alpha value is -2.87. The van der Waals surface area contributed by atoms with Crippen LogP contribution in [0.3, 0.4) is 0 Å². The van der Waals surface area contributed by atoms with Crippen molar-refractivity contribution in [2.45, 2.75) is 0 Å². The Labute approximate surface area is 130 Å². The van der Waals surface area contributed by atoms with E-state index >= 15 is 0 Å². The van der Waals surface area contributed by atoms with E-state index in [2.05, 4.69) is 29.6 Å². The zero-order valence-electron chi connectivity index (χ0n) is 12.4. The van der Waals surface area contributed by atoms with Gasteiger partial charge in [-0.3, -0.25) is 4.79 Å². The maximum Gasteiger partial charge on any atom is 0.251 e. The summed E-state index contributed by atoms with van der Waals surface area (Å²) in [6.07, 6.45) is 0. The van der Waals surface area contributed by atoms with Crippen LogP contribution >= 0.6 is 0 Å². The molecular formula is C20H17NO. The van der Waals surface area contributed by atoms with Gasteiger partial charge in [-0.2, -0.15) is 0 Å². The maximum atomic E-state index is 12.1. The average molecular weight is 287 g/mol. The highest BCUT2D eigenvalue weighted by molar-refractivity contribution is 6.02. The van der Waals surface area contributed by atoms with E-state index < -0.39 is 0 Å². The van der Waals surface area contributed by atoms with Crippen molar-refractivity contribution in [2.24, 2.45) is 0 Å². The van der Waals surface area contributed by atoms with Crippen molar-refractivity contribution in [1.29, 1.82) is 0 Å². The Bertz CT molecular complexity index is 794. The molecule has 2 nitrogen and oxygen atoms in total. The first kappa shape index (κ1) is 14.1. The third-order valence-electron chi connectivity index (χ3n) is 3.70. The molecule has 1 N–H and O–H groups in total. The summed E-state index contributed by atoms with van der Waals surface area (Å²) in [7, 11) is 1.65. The molecule has 1 amide bonds. The second-order valence-electron chi connectivity index (χ2n) is 5.04. The molecule has 0 unspecified atom stereocenters. The summed E-state index contributed by atoms with van der Waals surface area (Å²) in [4.78, 5) is 12.1. The highest BCUT2D eigenvalue weighted by Crippen LogP contribution is 2.33. The molecule has 0 aliphatic carbocycles. The predicted molar refractivity (Wildman–Crippen MR) is 90.7 cm³/mol. The zero-order valence-corrected chi connectivity index (χ0v) is 12.4. The molecule has 0 spiro atoms. The van der Waals surface area contributed by atoms with Gasteiger partial charge in [-0.15, -0.1) is 0 Å². The highest BCUT2D eigenvalue weighted by atomic mass is 16.1. The van der Waals surface area contributed by atoms with Crippen LogP contribution in [0.25, 0.3) is 22.3 Å². The molecule has 0 radical (unpaired) electrons. The number of amides is 1. The highest BCUT2D eigenvalue weighted by Gasteiger charge is 2.14. The summed E-state index contributed by atoms with van der Waals surface area (Å²) in [5.74, 6) is -0.0709. The van der Waals surface area contributed by atoms with Crippen molar-refractivity contribution >= 4 is 5.91 Å². The minimum Gasteiger partial charge on any atom is -0.355 e. The van der Waals surface area contributed by atoms with E-state index in [9.17, 15) is 4.79 Å². The van der Waals surface area contributed by atoms with E-state index in [1.807, 2.05) is 54.6 Å². The summed E-state index contributed by atoms with van der Waals surface area (Å²) in [5.41, 5.74) is 4.96. The summed E-state index contributed by atoms with van der Waals surface area (Å²) < 4.78 is 0. The molecule has 3 aromatic rings. The Morgan fingerprint density at radius 3 is 1.91 bits per heavy atom. The lowest BCUT2D eigenvalue weighted by atomic mass is 9.91. The molecule has 0 heterocycles. The maximum absolute atomic E-state index is 12.1. The minimum absolute atomic E-state index is 0.0709. The summed E-state index contributed by atoms with van der Waals surface area (Å²) >= 11 is 0. The lowest BCUT2D eigenvalue weighted by Gasteiger charge is -2.13. The lowest BCUT2D eigenvalue weighted by molar-refractivity contribution is 0.0964. The number of rotatable bonds is 3. The monoisotopic (exact) mass is 287 g/mol. The first-order valence-corrected chi connectivity index (χ1v) is 7.27. The first-order chi connectivity index (χ1) is 10.8. The molecule has 0 aliphatic rings. The van der Waals surface area contributed by atoms with Gasteiger partial charge in [-0.25, -0.2) is 0 Å². The fraction of sp³-hybridized carbons (Fsp3) is 0.0500. The van der Waals surface area contributed by atoms with Gasteiger partial charge in [-0.1, -0.05) is 72.8 Å². The van der Waals surface area contributed by atoms with Crippen molar-refractivity contribution in [3.8, 4) is 22.3 Å². The zero-order chi connectivity index (χ0) is 15.4. The molecule has 0 saturated carbocycles. The number of carbonyl (C=O) groups is 1. The van der Waals surface area contributed by atoms with Crippen molar-refractivity contribution in [3.05, 3.63) is 84.4 Å². The van der Waals surface area contributed by atoms with Gasteiger partial charge in [0.1, 0.15) is 0 Å². The van der Waals surface area contributed by atoms with Crippen LogP contribution in [0, 0.1) is 0 Å². The molecule has 0 bridgehead atoms. The molecular weight excluding hydrogens is 270 g/mol. The topological polar surface area (TPSA) is 29.1 Å². The van der Waals surface area contributed by atoms with Crippen LogP contribution in [-0.4, -0.2) is 13.0 Å². The summed E-state index contributed by atoms with van der Waals surface area (Å²) in [6.45, 7) is 0. The molecule has 2 heteroatoms. The smallest absolute Gasteiger partial charge is 0.251 e. The molecule has 0 saturated heterocycles. The summed E-state index contributed by atoms with van der Waals surface area (Å²) in [6, 6.07) is 26.1. The van der Waals surface area contributed by atoms with Gasteiger partial charge in [0.15, 0.2) is 0 Å². The summed E-state index contributed by atoms with van der Waals surface area (Å²) in [5, 5.41) is 2.71. The Morgan fingerprint density at radius 2 is 1.23 bits per heavy atom. The molecule has 108 valence electrons. The van der Waals surface area contributed by atoms with Gasteiger partial charge in [0.2, 0.25) is 0 Å². The Balaban J connectivity index is 2.21. The third-order valence-corrected chi connectivity index (χ3v) is 3.70. The fourth-order valence-electron chi connectivity index (χ4n) is 2.64. The lowest BCUT2D eigenvalue weighted by Crippen LogP contribution is -2.18. The second kappa shape index (κ2) is 6.27. The number of benzene rings is 3. The molecule has 0 aromatic heterocycles. The predicted octanol–water partition coefficient (Wildman–Crippen LogP) is 4.38. The molecule has 0 fully saturated rings. The molecule has 3 aromatic carbocycles. The SMILES string of the molecule is CNC(=O)c1ccccc1-c1ccccc1-c1ccccc1. The fourth-order valence-corrected chi connectivity index (χ4v) is 2.64. The normalized spacial score (nSPS) is 10.2. The van der Waals surface area contributed by atoms with Crippen LogP contribution in [0.5, 0.6) is 0 Å². The van der Waals surface area contributed by atoms with Gasteiger partial charge in [0.25, 0.3) is 5.91 Å². The molecule has 0 aliphatic heterocycles. The van der Waals surface area contributed by atoms with Gasteiger partial charge in [0.05, 0.1) is 0 Å². The van der Waals surface area contributed by atoms with E-state index in [4.69, 9.17) is 0 Å². The van der Waals surface area contributed by atoms with Crippen molar-refractivity contribution in [2.75, 3.05) is 7.05 Å². The van der Waals surface area contributed by atoms with Crippen LogP contribution in [0.2, 0.25) is 0 Å². The molecule has 0 atom stereocenters. The number of hydrogen-bond donors (Lipinski definition) is 1. The van der Waals surface area contributed by atoms with Crippen LogP contribution in [0.1, 0.15) is 10.4 Å². The number of hydrogen-bond acceptors (Lipinski definition) is 1. The van der Waals surface area contributed by atoms with E-state index in [0.29, 0.717) is 5.56 Å². The van der Waals surface area contributed by atoms with Gasteiger partial charge < -0.3 is 5.32 Å². The van der Waals surface area contributed by atoms with Gasteiger partial charge in [-0.05, 0) is 28.3 Å². The standard InChI is InChI=1S/C20H17NO/c1-21-20(22)19-14-8-7-13-18(19)17-12-6-5-11-16(17)15-9-3-2-4-10-15/h2-14H,1H3,(H,21,22). The molecule has 22 heavy (non-hydrogen) atoms. The third kappa shape index (κ3) is 2.63. The van der Waals surface area contributed by atoms with E-state index in [1.165, 1.54) is 0 Å². The number of nitrogens with one attached hydrogen (secondary N) is 1. The Morgan fingerprint density at radius 1 is 0.682 bits per heavy atom.